The molecule has 29 heavy (non-hydrogen) atoms. The number of Topliss-reactive ketones (excluding diaryl/α,β-unsaturated/α-hetero) is 1. The van der Waals surface area contributed by atoms with E-state index in [0.29, 0.717) is 16.8 Å². The van der Waals surface area contributed by atoms with Gasteiger partial charge in [-0.2, -0.15) is 0 Å². The van der Waals surface area contributed by atoms with Gasteiger partial charge in [-0.15, -0.1) is 6.58 Å². The van der Waals surface area contributed by atoms with Crippen LogP contribution in [0.3, 0.4) is 0 Å². The highest BCUT2D eigenvalue weighted by molar-refractivity contribution is 6.07. The van der Waals surface area contributed by atoms with Crippen molar-refractivity contribution in [2.75, 3.05) is 13.2 Å². The summed E-state index contributed by atoms with van der Waals surface area (Å²) in [4.78, 5) is 42.5. The SMILES string of the molecule is C=CCN(C(=O)c1ccc(F)cc1)[C@@H](C)C(=O)c1c(C)[nH]c(C(=O)OCC)c1C. The second kappa shape index (κ2) is 9.32. The molecular formula is C22H25FN2O4. The van der Waals surface area contributed by atoms with Gasteiger partial charge in [0.05, 0.1) is 12.6 Å². The van der Waals surface area contributed by atoms with E-state index in [0.717, 1.165) is 0 Å². The Balaban J connectivity index is 2.37. The second-order valence-electron chi connectivity index (χ2n) is 6.64. The topological polar surface area (TPSA) is 79.5 Å². The second-order valence-corrected chi connectivity index (χ2v) is 6.64. The summed E-state index contributed by atoms with van der Waals surface area (Å²) in [6, 6.07) is 4.30. The number of halogens is 1. The summed E-state index contributed by atoms with van der Waals surface area (Å²) in [5.41, 5.74) is 1.84. The number of benzene rings is 1. The van der Waals surface area contributed by atoms with Crippen LogP contribution in [0.2, 0.25) is 0 Å². The highest BCUT2D eigenvalue weighted by atomic mass is 19.1. The first-order chi connectivity index (χ1) is 13.7. The molecule has 2 aromatic rings. The van der Waals surface area contributed by atoms with Gasteiger partial charge >= 0.3 is 5.97 Å². The van der Waals surface area contributed by atoms with Gasteiger partial charge in [0.25, 0.3) is 5.91 Å². The number of nitrogens with zero attached hydrogens (tertiary/aromatic N) is 1. The molecule has 1 heterocycles. The van der Waals surface area contributed by atoms with Gasteiger partial charge < -0.3 is 14.6 Å². The third kappa shape index (κ3) is 4.62. The number of carbonyl (C=O) groups excluding carboxylic acids is 3. The highest BCUT2D eigenvalue weighted by Gasteiger charge is 2.31. The number of H-pyrrole nitrogens is 1. The van der Waals surface area contributed by atoms with Crippen molar-refractivity contribution in [2.24, 2.45) is 0 Å². The van der Waals surface area contributed by atoms with Crippen molar-refractivity contribution in [3.8, 4) is 0 Å². The Morgan fingerprint density at radius 3 is 2.41 bits per heavy atom. The lowest BCUT2D eigenvalue weighted by molar-refractivity contribution is 0.0519. The third-order valence-electron chi connectivity index (χ3n) is 4.69. The molecule has 154 valence electrons. The molecule has 0 radical (unpaired) electrons. The summed E-state index contributed by atoms with van der Waals surface area (Å²) in [6.07, 6.45) is 1.52. The molecule has 1 N–H and O–H groups in total. The Kier molecular flexibility index (Phi) is 7.09. The van der Waals surface area contributed by atoms with Crippen LogP contribution < -0.4 is 0 Å². The van der Waals surface area contributed by atoms with Crippen LogP contribution in [0.4, 0.5) is 4.39 Å². The quantitative estimate of drug-likeness (QED) is 0.415. The van der Waals surface area contributed by atoms with Crippen molar-refractivity contribution in [2.45, 2.75) is 33.7 Å². The maximum atomic E-state index is 13.2. The van der Waals surface area contributed by atoms with Crippen molar-refractivity contribution in [3.63, 3.8) is 0 Å². The summed E-state index contributed by atoms with van der Waals surface area (Å²) >= 11 is 0. The lowest BCUT2D eigenvalue weighted by Crippen LogP contribution is -2.43. The number of aromatic nitrogens is 1. The van der Waals surface area contributed by atoms with Crippen molar-refractivity contribution in [3.05, 3.63) is 70.8 Å². The van der Waals surface area contributed by atoms with Crippen LogP contribution in [0.1, 0.15) is 56.3 Å². The largest absolute Gasteiger partial charge is 0.461 e. The molecule has 0 saturated carbocycles. The lowest BCUT2D eigenvalue weighted by Gasteiger charge is -2.27. The molecule has 0 saturated heterocycles. The summed E-state index contributed by atoms with van der Waals surface area (Å²) in [5, 5.41) is 0. The van der Waals surface area contributed by atoms with E-state index in [9.17, 15) is 18.8 Å². The van der Waals surface area contributed by atoms with E-state index >= 15 is 0 Å². The fraction of sp³-hybridized carbons (Fsp3) is 0.318. The number of amides is 1. The molecule has 6 nitrogen and oxygen atoms in total. The lowest BCUT2D eigenvalue weighted by atomic mass is 9.99. The molecule has 2 rings (SSSR count). The van der Waals surface area contributed by atoms with Crippen LogP contribution in [0.5, 0.6) is 0 Å². The zero-order chi connectivity index (χ0) is 21.7. The summed E-state index contributed by atoms with van der Waals surface area (Å²) < 4.78 is 18.2. The van der Waals surface area contributed by atoms with Gasteiger partial charge in [0.15, 0.2) is 5.78 Å². The Hall–Kier alpha value is -3.22. The van der Waals surface area contributed by atoms with E-state index in [1.54, 1.807) is 27.7 Å². The average Bonchev–Trinajstić information content (AvgIpc) is 2.99. The summed E-state index contributed by atoms with van der Waals surface area (Å²) in [7, 11) is 0. The van der Waals surface area contributed by atoms with Gasteiger partial charge in [0, 0.05) is 23.4 Å². The number of rotatable bonds is 8. The highest BCUT2D eigenvalue weighted by Crippen LogP contribution is 2.23. The van der Waals surface area contributed by atoms with Crippen molar-refractivity contribution in [1.29, 1.82) is 0 Å². The number of ketones is 1. The molecule has 0 aliphatic carbocycles. The minimum absolute atomic E-state index is 0.135. The fourth-order valence-electron chi connectivity index (χ4n) is 3.19. The number of aromatic amines is 1. The molecule has 1 atom stereocenters. The number of hydrogen-bond acceptors (Lipinski definition) is 4. The Morgan fingerprint density at radius 1 is 1.24 bits per heavy atom. The molecule has 7 heteroatoms. The number of esters is 1. The zero-order valence-corrected chi connectivity index (χ0v) is 17.0. The van der Waals surface area contributed by atoms with Gasteiger partial charge in [-0.05, 0) is 57.5 Å². The van der Waals surface area contributed by atoms with Gasteiger partial charge in [0.2, 0.25) is 0 Å². The maximum absolute atomic E-state index is 13.2. The van der Waals surface area contributed by atoms with E-state index in [-0.39, 0.29) is 30.2 Å². The van der Waals surface area contributed by atoms with Crippen LogP contribution in [0.15, 0.2) is 36.9 Å². The van der Waals surface area contributed by atoms with Crippen LogP contribution in [-0.4, -0.2) is 46.7 Å². The Bertz CT molecular complexity index is 931. The number of ether oxygens (including phenoxy) is 1. The third-order valence-corrected chi connectivity index (χ3v) is 4.69. The molecule has 0 bridgehead atoms. The predicted molar refractivity (Wildman–Crippen MR) is 108 cm³/mol. The van der Waals surface area contributed by atoms with Crippen LogP contribution >= 0.6 is 0 Å². The van der Waals surface area contributed by atoms with Crippen molar-refractivity contribution in [1.82, 2.24) is 9.88 Å². The van der Waals surface area contributed by atoms with Gasteiger partial charge in [-0.25, -0.2) is 9.18 Å². The predicted octanol–water partition coefficient (Wildman–Crippen LogP) is 3.85. The number of aryl methyl sites for hydroxylation is 1. The first kappa shape index (κ1) is 22.1. The molecule has 1 aromatic heterocycles. The van der Waals surface area contributed by atoms with Crippen molar-refractivity contribution < 1.29 is 23.5 Å². The molecule has 1 amide bonds. The number of hydrogen-bond donors (Lipinski definition) is 1. The summed E-state index contributed by atoms with van der Waals surface area (Å²) in [6.45, 7) is 10.7. The first-order valence-electron chi connectivity index (χ1n) is 9.30. The Labute approximate surface area is 169 Å². The van der Waals surface area contributed by atoms with Crippen LogP contribution in [-0.2, 0) is 4.74 Å². The standard InChI is InChI=1S/C22H25FN2O4/c1-6-12-25(21(27)16-8-10-17(23)11-9-16)15(5)20(26)18-13(3)19(24-14(18)4)22(28)29-7-2/h6,8-11,15,24H,1,7,12H2,2-5H3/t15-/m0/s1. The Morgan fingerprint density at radius 2 is 1.86 bits per heavy atom. The molecule has 1 aromatic carbocycles. The van der Waals surface area contributed by atoms with Crippen LogP contribution in [0.25, 0.3) is 0 Å². The van der Waals surface area contributed by atoms with Gasteiger partial charge in [0.1, 0.15) is 11.5 Å². The smallest absolute Gasteiger partial charge is 0.355 e. The monoisotopic (exact) mass is 400 g/mol. The maximum Gasteiger partial charge on any atom is 0.355 e. The van der Waals surface area contributed by atoms with Crippen molar-refractivity contribution >= 4 is 17.7 Å². The molecule has 0 unspecified atom stereocenters. The van der Waals surface area contributed by atoms with E-state index < -0.39 is 23.7 Å². The fourth-order valence-corrected chi connectivity index (χ4v) is 3.19. The molecular weight excluding hydrogens is 375 g/mol. The number of nitrogens with one attached hydrogen (secondary N) is 1. The minimum Gasteiger partial charge on any atom is -0.461 e. The average molecular weight is 400 g/mol. The van der Waals surface area contributed by atoms with Gasteiger partial charge in [-0.3, -0.25) is 9.59 Å². The zero-order valence-electron chi connectivity index (χ0n) is 17.0. The van der Waals surface area contributed by atoms with E-state index in [1.807, 2.05) is 0 Å². The summed E-state index contributed by atoms with van der Waals surface area (Å²) in [5.74, 6) is -1.72. The van der Waals surface area contributed by atoms with E-state index in [1.165, 1.54) is 35.2 Å². The van der Waals surface area contributed by atoms with E-state index in [2.05, 4.69) is 11.6 Å². The van der Waals surface area contributed by atoms with Crippen LogP contribution in [0, 0.1) is 19.7 Å². The molecule has 0 spiro atoms. The number of carbonyl (C=O) groups is 3. The molecule has 0 aliphatic rings. The minimum atomic E-state index is -0.825. The van der Waals surface area contributed by atoms with E-state index in [4.69, 9.17) is 4.74 Å². The van der Waals surface area contributed by atoms with Gasteiger partial charge in [-0.1, -0.05) is 6.08 Å². The first-order valence-corrected chi connectivity index (χ1v) is 9.30. The molecule has 0 aliphatic heterocycles. The normalized spacial score (nSPS) is 11.6. The molecule has 0 fully saturated rings.